The van der Waals surface area contributed by atoms with Crippen LogP contribution in [0.25, 0.3) is 11.2 Å². The van der Waals surface area contributed by atoms with Gasteiger partial charge in [-0.3, -0.25) is 13.9 Å². The van der Waals surface area contributed by atoms with Crippen molar-refractivity contribution >= 4 is 23.1 Å². The summed E-state index contributed by atoms with van der Waals surface area (Å²) in [7, 11) is 1.25. The van der Waals surface area contributed by atoms with Gasteiger partial charge in [0, 0.05) is 33.2 Å². The standard InChI is InChI=1S/C18H18F3N7O4/c1-3-4-7-28-12-13(24-16(28)27-8-5-23-6-9-27)25-17(26(2)14(12)29)32-11(10-22)31-15(30)18(19,20)21/h11,23H,5-9H2,1-2H3. The molecule has 3 rings (SSSR count). The number of alkyl halides is 3. The summed E-state index contributed by atoms with van der Waals surface area (Å²) in [5, 5.41) is 12.2. The highest BCUT2D eigenvalue weighted by atomic mass is 19.4. The lowest BCUT2D eigenvalue weighted by Crippen LogP contribution is -2.44. The predicted molar refractivity (Wildman–Crippen MR) is 103 cm³/mol. The van der Waals surface area contributed by atoms with Crippen LogP contribution in [0, 0.1) is 23.2 Å². The Morgan fingerprint density at radius 1 is 1.31 bits per heavy atom. The number of fused-ring (bicyclic) bond motifs is 1. The molecule has 0 radical (unpaired) electrons. The fourth-order valence-corrected chi connectivity index (χ4v) is 2.99. The van der Waals surface area contributed by atoms with Crippen molar-refractivity contribution in [1.29, 1.82) is 5.26 Å². The zero-order valence-electron chi connectivity index (χ0n) is 17.1. The molecule has 3 heterocycles. The van der Waals surface area contributed by atoms with Crippen molar-refractivity contribution in [1.82, 2.24) is 24.4 Å². The third-order valence-corrected chi connectivity index (χ3v) is 4.50. The van der Waals surface area contributed by atoms with E-state index in [4.69, 9.17) is 10.00 Å². The first-order valence-corrected chi connectivity index (χ1v) is 9.34. The van der Waals surface area contributed by atoms with Crippen LogP contribution in [-0.4, -0.2) is 63.7 Å². The third kappa shape index (κ3) is 4.60. The van der Waals surface area contributed by atoms with Gasteiger partial charge in [0.15, 0.2) is 17.2 Å². The van der Waals surface area contributed by atoms with E-state index >= 15 is 0 Å². The van der Waals surface area contributed by atoms with Gasteiger partial charge in [0.25, 0.3) is 5.56 Å². The van der Waals surface area contributed by atoms with Crippen molar-refractivity contribution in [3.8, 4) is 23.9 Å². The second kappa shape index (κ2) is 9.15. The Kier molecular flexibility index (Phi) is 6.55. The maximum atomic E-state index is 13.0. The first-order valence-electron chi connectivity index (χ1n) is 9.34. The smallest absolute Gasteiger partial charge is 0.410 e. The van der Waals surface area contributed by atoms with Gasteiger partial charge < -0.3 is 19.7 Å². The summed E-state index contributed by atoms with van der Waals surface area (Å²) in [5.74, 6) is 3.47. The van der Waals surface area contributed by atoms with E-state index in [1.807, 2.05) is 4.90 Å². The molecule has 0 aromatic carbocycles. The van der Waals surface area contributed by atoms with Crippen molar-refractivity contribution in [2.75, 3.05) is 31.1 Å². The van der Waals surface area contributed by atoms with Crippen molar-refractivity contribution in [2.24, 2.45) is 7.05 Å². The number of hydrogen-bond donors (Lipinski definition) is 1. The number of nitrogens with one attached hydrogen (secondary N) is 1. The van der Waals surface area contributed by atoms with E-state index in [1.54, 1.807) is 11.5 Å². The first-order chi connectivity index (χ1) is 15.2. The number of imidazole rings is 1. The molecule has 14 heteroatoms. The highest BCUT2D eigenvalue weighted by Gasteiger charge is 2.43. The Morgan fingerprint density at radius 2 is 2.00 bits per heavy atom. The number of halogens is 3. The summed E-state index contributed by atoms with van der Waals surface area (Å²) in [4.78, 5) is 34.4. The van der Waals surface area contributed by atoms with Crippen LogP contribution in [0.3, 0.4) is 0 Å². The molecule has 1 atom stereocenters. The van der Waals surface area contributed by atoms with Crippen LogP contribution in [0.15, 0.2) is 4.79 Å². The van der Waals surface area contributed by atoms with Crippen LogP contribution in [0.1, 0.15) is 6.92 Å². The molecule has 0 bridgehead atoms. The number of carbonyl (C=O) groups is 1. The fourth-order valence-electron chi connectivity index (χ4n) is 2.99. The Hall–Kier alpha value is -3.78. The molecule has 1 N–H and O–H groups in total. The minimum absolute atomic E-state index is 0.0478. The van der Waals surface area contributed by atoms with Gasteiger partial charge in [0.2, 0.25) is 5.95 Å². The number of piperazine rings is 1. The maximum absolute atomic E-state index is 13.0. The van der Waals surface area contributed by atoms with Crippen molar-refractivity contribution in [2.45, 2.75) is 25.9 Å². The van der Waals surface area contributed by atoms with Crippen LogP contribution >= 0.6 is 0 Å². The minimum Gasteiger partial charge on any atom is -0.410 e. The Labute approximate surface area is 179 Å². The third-order valence-electron chi connectivity index (χ3n) is 4.50. The number of nitrogens with zero attached hydrogens (tertiary/aromatic N) is 6. The maximum Gasteiger partial charge on any atom is 0.491 e. The fraction of sp³-hybridized carbons (Fsp3) is 0.500. The van der Waals surface area contributed by atoms with E-state index in [0.29, 0.717) is 32.1 Å². The number of carbonyl (C=O) groups excluding carboxylic acids is 1. The van der Waals surface area contributed by atoms with E-state index in [0.717, 1.165) is 4.57 Å². The minimum atomic E-state index is -5.32. The van der Waals surface area contributed by atoms with E-state index in [2.05, 4.69) is 31.9 Å². The monoisotopic (exact) mass is 453 g/mol. The summed E-state index contributed by atoms with van der Waals surface area (Å²) in [6.45, 7) is 4.46. The average Bonchev–Trinajstić information content (AvgIpc) is 3.13. The molecule has 1 saturated heterocycles. The summed E-state index contributed by atoms with van der Waals surface area (Å²) < 4.78 is 48.7. The average molecular weight is 453 g/mol. The quantitative estimate of drug-likeness (QED) is 0.375. The highest BCUT2D eigenvalue weighted by molar-refractivity contribution is 5.76. The van der Waals surface area contributed by atoms with Crippen LogP contribution in [-0.2, 0) is 23.1 Å². The van der Waals surface area contributed by atoms with Gasteiger partial charge in [0.05, 0.1) is 6.54 Å². The van der Waals surface area contributed by atoms with Gasteiger partial charge >= 0.3 is 24.4 Å². The van der Waals surface area contributed by atoms with Crippen LogP contribution in [0.2, 0.25) is 0 Å². The second-order valence-corrected chi connectivity index (χ2v) is 6.57. The topological polar surface area (TPSA) is 127 Å². The molecule has 0 aliphatic carbocycles. The zero-order chi connectivity index (χ0) is 23.5. The lowest BCUT2D eigenvalue weighted by molar-refractivity contribution is -0.211. The number of hydrogen-bond acceptors (Lipinski definition) is 9. The lowest BCUT2D eigenvalue weighted by atomic mass is 10.4. The first kappa shape index (κ1) is 22.9. The summed E-state index contributed by atoms with van der Waals surface area (Å²) >= 11 is 0. The molecule has 32 heavy (non-hydrogen) atoms. The van der Waals surface area contributed by atoms with E-state index in [1.165, 1.54) is 13.1 Å². The van der Waals surface area contributed by atoms with Crippen molar-refractivity contribution in [3.63, 3.8) is 0 Å². The SMILES string of the molecule is CC#CCn1c(N2CCNCC2)nc2nc(OC(C#N)OC(=O)C(F)(F)F)n(C)c(=O)c21. The number of aromatic nitrogens is 4. The predicted octanol–water partition coefficient (Wildman–Crippen LogP) is -0.103. The molecule has 11 nitrogen and oxygen atoms in total. The number of anilines is 1. The van der Waals surface area contributed by atoms with Gasteiger partial charge in [-0.25, -0.2) is 4.79 Å². The Morgan fingerprint density at radius 3 is 2.59 bits per heavy atom. The molecular formula is C18H18F3N7O4. The van der Waals surface area contributed by atoms with Gasteiger partial charge in [-0.1, -0.05) is 5.92 Å². The molecule has 170 valence electrons. The Balaban J connectivity index is 2.04. The van der Waals surface area contributed by atoms with Crippen molar-refractivity contribution in [3.05, 3.63) is 10.4 Å². The number of ether oxygens (including phenoxy) is 2. The van der Waals surface area contributed by atoms with Crippen LogP contribution < -0.4 is 20.5 Å². The van der Waals surface area contributed by atoms with Crippen LogP contribution in [0.4, 0.5) is 19.1 Å². The van der Waals surface area contributed by atoms with Gasteiger partial charge in [-0.2, -0.15) is 28.4 Å². The molecule has 1 aliphatic rings. The van der Waals surface area contributed by atoms with Gasteiger partial charge in [-0.05, 0) is 6.92 Å². The molecular weight excluding hydrogens is 435 g/mol. The molecule has 0 amide bonds. The molecule has 0 spiro atoms. The Bertz CT molecular complexity index is 1180. The van der Waals surface area contributed by atoms with Crippen LogP contribution in [0.5, 0.6) is 6.01 Å². The van der Waals surface area contributed by atoms with Crippen molar-refractivity contribution < 1.29 is 27.4 Å². The van der Waals surface area contributed by atoms with E-state index < -0.39 is 30.0 Å². The van der Waals surface area contributed by atoms with Gasteiger partial charge in [0.1, 0.15) is 0 Å². The molecule has 2 aromatic rings. The van der Waals surface area contributed by atoms with Gasteiger partial charge in [-0.15, -0.1) is 5.92 Å². The molecule has 1 aliphatic heterocycles. The molecule has 1 fully saturated rings. The summed E-state index contributed by atoms with van der Waals surface area (Å²) in [6.07, 6.45) is -7.60. The zero-order valence-corrected chi connectivity index (χ0v) is 17.1. The molecule has 1 unspecified atom stereocenters. The number of esters is 1. The number of rotatable bonds is 5. The lowest BCUT2D eigenvalue weighted by Gasteiger charge is -2.28. The summed E-state index contributed by atoms with van der Waals surface area (Å²) in [5.41, 5.74) is -0.569. The largest absolute Gasteiger partial charge is 0.491 e. The second-order valence-electron chi connectivity index (χ2n) is 6.57. The van der Waals surface area contributed by atoms with E-state index in [-0.39, 0.29) is 17.7 Å². The molecule has 0 saturated carbocycles. The highest BCUT2D eigenvalue weighted by Crippen LogP contribution is 2.22. The van der Waals surface area contributed by atoms with E-state index in [9.17, 15) is 22.8 Å². The number of nitriles is 1. The molecule has 2 aromatic heterocycles. The normalized spacial score (nSPS) is 14.9. The summed E-state index contributed by atoms with van der Waals surface area (Å²) in [6, 6.07) is 0.725.